The molecule has 5 rings (SSSR count). The molecule has 1 unspecified atom stereocenters. The predicted octanol–water partition coefficient (Wildman–Crippen LogP) is 0.311. The molecule has 2 aliphatic rings. The maximum Gasteiger partial charge on any atom is 0.295 e. The van der Waals surface area contributed by atoms with Gasteiger partial charge in [-0.25, -0.2) is 9.37 Å². The van der Waals surface area contributed by atoms with E-state index in [2.05, 4.69) is 4.98 Å². The fourth-order valence-corrected chi connectivity index (χ4v) is 5.02. The first-order chi connectivity index (χ1) is 17.0. The van der Waals surface area contributed by atoms with Crippen LogP contribution in [0.3, 0.4) is 0 Å². The molecule has 2 aliphatic heterocycles. The number of nitrogens with one attached hydrogen (secondary N) is 1. The first-order valence-electron chi connectivity index (χ1n) is 11.8. The average Bonchev–Trinajstić information content (AvgIpc) is 3.33. The Balaban J connectivity index is 1.54. The fraction of sp³-hybridized carbons (Fsp3) is 0.346. The highest BCUT2D eigenvalue weighted by Gasteiger charge is 2.44. The van der Waals surface area contributed by atoms with E-state index < -0.39 is 29.3 Å². The van der Waals surface area contributed by atoms with Crippen molar-refractivity contribution in [2.75, 3.05) is 39.4 Å². The second-order valence-corrected chi connectivity index (χ2v) is 8.97. The van der Waals surface area contributed by atoms with Gasteiger partial charge < -0.3 is 24.0 Å². The number of nitrogens with zero attached hydrogens (tertiary/aromatic N) is 3. The number of pyridine rings is 1. The lowest BCUT2D eigenvalue weighted by Gasteiger charge is -2.29. The third-order valence-corrected chi connectivity index (χ3v) is 6.76. The molecule has 0 spiro atoms. The molecule has 2 saturated heterocycles. The molecule has 0 radical (unpaired) electrons. The van der Waals surface area contributed by atoms with Gasteiger partial charge in [0.25, 0.3) is 5.91 Å². The van der Waals surface area contributed by atoms with Gasteiger partial charge in [0, 0.05) is 24.7 Å². The number of aryl methyl sites for hydroxylation is 1. The minimum absolute atomic E-state index is 0.117. The zero-order valence-corrected chi connectivity index (χ0v) is 19.5. The van der Waals surface area contributed by atoms with Crippen LogP contribution in [0.2, 0.25) is 0 Å². The summed E-state index contributed by atoms with van der Waals surface area (Å²) in [6.45, 7) is 6.07. The summed E-state index contributed by atoms with van der Waals surface area (Å²) in [5.74, 6) is -2.48. The molecule has 1 atom stereocenters. The van der Waals surface area contributed by atoms with Crippen molar-refractivity contribution in [2.24, 2.45) is 0 Å². The van der Waals surface area contributed by atoms with Gasteiger partial charge in [-0.3, -0.25) is 9.59 Å². The van der Waals surface area contributed by atoms with E-state index in [4.69, 9.17) is 4.74 Å². The molecule has 35 heavy (non-hydrogen) atoms. The number of rotatable bonds is 6. The van der Waals surface area contributed by atoms with E-state index in [1.807, 2.05) is 6.07 Å². The Hall–Kier alpha value is -3.56. The van der Waals surface area contributed by atoms with Crippen molar-refractivity contribution >= 4 is 23.1 Å². The van der Waals surface area contributed by atoms with Crippen LogP contribution in [0.5, 0.6) is 0 Å². The number of hydrogen-bond acceptors (Lipinski definition) is 5. The molecule has 1 aromatic carbocycles. The quantitative estimate of drug-likeness (QED) is 0.313. The number of Topliss-reactive ketones (excluding diaryl/α,β-unsaturated/α-hetero) is 1. The van der Waals surface area contributed by atoms with E-state index in [0.29, 0.717) is 43.1 Å². The molecule has 2 fully saturated rings. The number of halogens is 1. The number of ketones is 1. The van der Waals surface area contributed by atoms with Gasteiger partial charge in [0.2, 0.25) is 5.78 Å². The Morgan fingerprint density at radius 1 is 1.17 bits per heavy atom. The third kappa shape index (κ3) is 4.33. The van der Waals surface area contributed by atoms with Gasteiger partial charge in [0.15, 0.2) is 0 Å². The number of imidazole rings is 1. The zero-order chi connectivity index (χ0) is 24.5. The maximum absolute atomic E-state index is 13.8. The summed E-state index contributed by atoms with van der Waals surface area (Å²) >= 11 is 0. The molecular weight excluding hydrogens is 451 g/mol. The van der Waals surface area contributed by atoms with Crippen molar-refractivity contribution in [2.45, 2.75) is 19.4 Å². The van der Waals surface area contributed by atoms with Crippen LogP contribution in [0.25, 0.3) is 11.4 Å². The predicted molar refractivity (Wildman–Crippen MR) is 124 cm³/mol. The van der Waals surface area contributed by atoms with Crippen LogP contribution in [0.1, 0.15) is 29.4 Å². The van der Waals surface area contributed by atoms with Crippen molar-refractivity contribution in [3.63, 3.8) is 0 Å². The van der Waals surface area contributed by atoms with Crippen molar-refractivity contribution in [1.82, 2.24) is 14.3 Å². The Kier molecular flexibility index (Phi) is 6.36. The number of likely N-dealkylation sites (tertiary alicyclic amines) is 1. The minimum Gasteiger partial charge on any atom is -0.871 e. The van der Waals surface area contributed by atoms with E-state index in [9.17, 15) is 19.1 Å². The van der Waals surface area contributed by atoms with Crippen LogP contribution >= 0.6 is 0 Å². The highest BCUT2D eigenvalue weighted by atomic mass is 19.1. The number of aromatic nitrogens is 2. The van der Waals surface area contributed by atoms with E-state index in [0.717, 1.165) is 19.6 Å². The van der Waals surface area contributed by atoms with Crippen LogP contribution in [0.15, 0.2) is 54.2 Å². The number of quaternary nitrogens is 1. The Labute approximate surface area is 202 Å². The molecule has 2 aromatic heterocycles. The zero-order valence-electron chi connectivity index (χ0n) is 19.5. The van der Waals surface area contributed by atoms with Crippen molar-refractivity contribution in [3.05, 3.63) is 77.0 Å². The number of amides is 1. The van der Waals surface area contributed by atoms with E-state index >= 15 is 0 Å². The van der Waals surface area contributed by atoms with Gasteiger partial charge in [0.1, 0.15) is 24.6 Å². The number of morpholine rings is 1. The highest BCUT2D eigenvalue weighted by Crippen LogP contribution is 2.39. The summed E-state index contributed by atoms with van der Waals surface area (Å²) in [4.78, 5) is 33.7. The van der Waals surface area contributed by atoms with E-state index in [1.54, 1.807) is 29.7 Å². The Bertz CT molecular complexity index is 1290. The van der Waals surface area contributed by atoms with Gasteiger partial charge >= 0.3 is 0 Å². The number of carbonyl (C=O) groups excluding carboxylic acids is 2. The Morgan fingerprint density at radius 3 is 2.66 bits per heavy atom. The largest absolute Gasteiger partial charge is 0.871 e. The van der Waals surface area contributed by atoms with Crippen molar-refractivity contribution < 1.29 is 28.7 Å². The highest BCUT2D eigenvalue weighted by molar-refractivity contribution is 6.46. The van der Waals surface area contributed by atoms with Gasteiger partial charge in [-0.1, -0.05) is 24.0 Å². The first-order valence-corrected chi connectivity index (χ1v) is 11.8. The average molecular weight is 479 g/mol. The number of carbonyl (C=O) groups is 2. The molecule has 1 amide bonds. The first kappa shape index (κ1) is 23.2. The molecule has 0 aliphatic carbocycles. The van der Waals surface area contributed by atoms with Crippen molar-refractivity contribution in [3.8, 4) is 0 Å². The molecule has 9 heteroatoms. The summed E-state index contributed by atoms with van der Waals surface area (Å²) in [6.07, 6.45) is 2.38. The summed E-state index contributed by atoms with van der Waals surface area (Å²) < 4.78 is 20.7. The van der Waals surface area contributed by atoms with Crippen molar-refractivity contribution in [1.29, 1.82) is 0 Å². The molecule has 182 valence electrons. The fourth-order valence-electron chi connectivity index (χ4n) is 5.02. The second-order valence-electron chi connectivity index (χ2n) is 8.97. The van der Waals surface area contributed by atoms with E-state index in [1.165, 1.54) is 34.1 Å². The molecule has 0 saturated carbocycles. The number of fused-ring (bicyclic) bond motifs is 1. The third-order valence-electron chi connectivity index (χ3n) is 6.76. The molecule has 8 nitrogen and oxygen atoms in total. The lowest BCUT2D eigenvalue weighted by atomic mass is 9.96. The van der Waals surface area contributed by atoms with E-state index in [-0.39, 0.29) is 11.3 Å². The lowest BCUT2D eigenvalue weighted by molar-refractivity contribution is -0.908. The molecule has 4 heterocycles. The van der Waals surface area contributed by atoms with Gasteiger partial charge in [-0.2, -0.15) is 0 Å². The van der Waals surface area contributed by atoms with Gasteiger partial charge in [-0.05, 0) is 36.8 Å². The molecule has 0 bridgehead atoms. The number of hydrogen-bond donors (Lipinski definition) is 1. The lowest BCUT2D eigenvalue weighted by Crippen LogP contribution is -3.14. The molecule has 3 aromatic rings. The smallest absolute Gasteiger partial charge is 0.295 e. The summed E-state index contributed by atoms with van der Waals surface area (Å²) in [5.41, 5.74) is 1.72. The van der Waals surface area contributed by atoms with Crippen LogP contribution in [0, 0.1) is 12.7 Å². The maximum atomic E-state index is 13.8. The van der Waals surface area contributed by atoms with Gasteiger partial charge in [0.05, 0.1) is 37.2 Å². The van der Waals surface area contributed by atoms with Crippen LogP contribution < -0.4 is 10.0 Å². The molecular formula is C26H27FN4O4. The van der Waals surface area contributed by atoms with Crippen LogP contribution in [0.4, 0.5) is 4.39 Å². The standard InChI is InChI=1S/C26H27FN4O4/c1-17-22(30-11-3-2-5-20(30)28-17)24(32)21-23(18-6-8-19(27)9-7-18)31(26(34)25(21)33)12-4-10-29-13-15-35-16-14-29/h2-3,5-9,11,23,32H,4,10,12-16H2,1H3. The summed E-state index contributed by atoms with van der Waals surface area (Å²) in [7, 11) is 0. The van der Waals surface area contributed by atoms with Crippen LogP contribution in [-0.2, 0) is 14.3 Å². The Morgan fingerprint density at radius 2 is 1.91 bits per heavy atom. The SMILES string of the molecule is Cc1nc2ccccn2c1C([O-])=C1C(=O)C(=O)N(CCC[NH+]2CCOCC2)C1c1ccc(F)cc1. The second kappa shape index (κ2) is 9.59. The summed E-state index contributed by atoms with van der Waals surface area (Å²) in [5, 5.41) is 13.8. The van der Waals surface area contributed by atoms with Crippen LogP contribution in [-0.4, -0.2) is 65.4 Å². The number of benzene rings is 1. The number of ether oxygens (including phenoxy) is 1. The monoisotopic (exact) mass is 478 g/mol. The minimum atomic E-state index is -0.878. The molecule has 1 N–H and O–H groups in total. The summed E-state index contributed by atoms with van der Waals surface area (Å²) in [6, 6.07) is 10.1. The van der Waals surface area contributed by atoms with Gasteiger partial charge in [-0.15, -0.1) is 0 Å². The normalized spacial score (nSPS) is 20.7. The topological polar surface area (TPSA) is 91.4 Å².